The van der Waals surface area contributed by atoms with Crippen LogP contribution >= 0.6 is 22.9 Å². The van der Waals surface area contributed by atoms with Gasteiger partial charge in [0.25, 0.3) is 5.91 Å². The Morgan fingerprint density at radius 2 is 2.00 bits per heavy atom. The van der Waals surface area contributed by atoms with Gasteiger partial charge in [0.05, 0.1) is 10.3 Å². The minimum Gasteiger partial charge on any atom is -0.322 e. The van der Waals surface area contributed by atoms with Crippen LogP contribution in [0.15, 0.2) is 48.1 Å². The number of hydrogen-bond donors (Lipinski definition) is 1. The van der Waals surface area contributed by atoms with Gasteiger partial charge in [-0.3, -0.25) is 9.78 Å². The van der Waals surface area contributed by atoms with Crippen molar-refractivity contribution in [3.05, 3.63) is 58.7 Å². The number of pyridine rings is 1. The van der Waals surface area contributed by atoms with Gasteiger partial charge in [-0.25, -0.2) is 0 Å². The third kappa shape index (κ3) is 2.45. The summed E-state index contributed by atoms with van der Waals surface area (Å²) in [6, 6.07) is 8.88. The van der Waals surface area contributed by atoms with Gasteiger partial charge in [0.2, 0.25) is 0 Å². The fourth-order valence-corrected chi connectivity index (χ4v) is 2.82. The highest BCUT2D eigenvalue weighted by Crippen LogP contribution is 2.25. The molecule has 0 unspecified atom stereocenters. The molecule has 1 amide bonds. The van der Waals surface area contributed by atoms with E-state index >= 15 is 0 Å². The molecular weight excluding hydrogens is 280 g/mol. The maximum absolute atomic E-state index is 12.2. The highest BCUT2D eigenvalue weighted by atomic mass is 35.5. The van der Waals surface area contributed by atoms with Crippen molar-refractivity contribution in [2.45, 2.75) is 0 Å². The molecule has 0 saturated carbocycles. The summed E-state index contributed by atoms with van der Waals surface area (Å²) < 4.78 is 1.00. The first-order valence-electron chi connectivity index (χ1n) is 5.62. The number of fused-ring (bicyclic) bond motifs is 1. The van der Waals surface area contributed by atoms with E-state index in [1.165, 1.54) is 11.3 Å². The smallest absolute Gasteiger partial charge is 0.257 e. The van der Waals surface area contributed by atoms with E-state index in [1.54, 1.807) is 36.7 Å². The molecule has 94 valence electrons. The normalized spacial score (nSPS) is 10.6. The van der Waals surface area contributed by atoms with E-state index in [1.807, 2.05) is 11.4 Å². The van der Waals surface area contributed by atoms with Crippen LogP contribution in [0.3, 0.4) is 0 Å². The van der Waals surface area contributed by atoms with Crippen LogP contribution in [-0.2, 0) is 0 Å². The van der Waals surface area contributed by atoms with E-state index in [9.17, 15) is 4.79 Å². The lowest BCUT2D eigenvalue weighted by atomic mass is 10.2. The number of carbonyl (C=O) groups is 1. The molecule has 0 atom stereocenters. The summed E-state index contributed by atoms with van der Waals surface area (Å²) in [6.07, 6.45) is 3.45. The SMILES string of the molecule is O=C(Nc1ccc(Cl)cc1)c1csc2cnccc12. The summed E-state index contributed by atoms with van der Waals surface area (Å²) in [7, 11) is 0. The average Bonchev–Trinajstić information content (AvgIpc) is 2.85. The predicted octanol–water partition coefficient (Wildman–Crippen LogP) is 4.20. The van der Waals surface area contributed by atoms with Gasteiger partial charge in [-0.2, -0.15) is 0 Å². The molecule has 3 nitrogen and oxygen atoms in total. The summed E-state index contributed by atoms with van der Waals surface area (Å²) in [6.45, 7) is 0. The molecule has 3 aromatic rings. The lowest BCUT2D eigenvalue weighted by molar-refractivity contribution is 0.102. The molecule has 0 saturated heterocycles. The number of thiophene rings is 1. The molecule has 0 aliphatic carbocycles. The molecule has 0 spiro atoms. The second-order valence-corrected chi connectivity index (χ2v) is 5.33. The second-order valence-electron chi connectivity index (χ2n) is 3.98. The summed E-state index contributed by atoms with van der Waals surface area (Å²) in [4.78, 5) is 16.3. The minimum absolute atomic E-state index is 0.125. The van der Waals surface area contributed by atoms with E-state index in [-0.39, 0.29) is 5.91 Å². The van der Waals surface area contributed by atoms with Crippen molar-refractivity contribution in [2.75, 3.05) is 5.32 Å². The van der Waals surface area contributed by atoms with Crippen molar-refractivity contribution in [3.63, 3.8) is 0 Å². The van der Waals surface area contributed by atoms with Crippen molar-refractivity contribution < 1.29 is 4.79 Å². The lowest BCUT2D eigenvalue weighted by Gasteiger charge is -2.04. The zero-order valence-corrected chi connectivity index (χ0v) is 11.3. The Bertz CT molecular complexity index is 737. The Labute approximate surface area is 118 Å². The molecular formula is C14H9ClN2OS. The second kappa shape index (κ2) is 4.99. The van der Waals surface area contributed by atoms with Gasteiger partial charge in [0, 0.05) is 33.9 Å². The van der Waals surface area contributed by atoms with Crippen LogP contribution in [0, 0.1) is 0 Å². The number of benzene rings is 1. The number of rotatable bonds is 2. The molecule has 5 heteroatoms. The molecule has 0 bridgehead atoms. The van der Waals surface area contributed by atoms with Crippen LogP contribution in [0.25, 0.3) is 10.1 Å². The Morgan fingerprint density at radius 1 is 1.21 bits per heavy atom. The van der Waals surface area contributed by atoms with Gasteiger partial charge in [-0.1, -0.05) is 11.6 Å². The predicted molar refractivity (Wildman–Crippen MR) is 79.0 cm³/mol. The summed E-state index contributed by atoms with van der Waals surface area (Å²) in [5.41, 5.74) is 1.39. The van der Waals surface area contributed by atoms with Gasteiger partial charge < -0.3 is 5.32 Å². The Balaban J connectivity index is 1.90. The fraction of sp³-hybridized carbons (Fsp3) is 0. The summed E-state index contributed by atoms with van der Waals surface area (Å²) >= 11 is 7.32. The van der Waals surface area contributed by atoms with Gasteiger partial charge in [0.15, 0.2) is 0 Å². The number of carbonyl (C=O) groups excluding carboxylic acids is 1. The maximum Gasteiger partial charge on any atom is 0.257 e. The van der Waals surface area contributed by atoms with Crippen molar-refractivity contribution in [3.8, 4) is 0 Å². The van der Waals surface area contributed by atoms with Gasteiger partial charge >= 0.3 is 0 Å². The summed E-state index contributed by atoms with van der Waals surface area (Å²) in [5.74, 6) is -0.125. The van der Waals surface area contributed by atoms with E-state index in [4.69, 9.17) is 11.6 Å². The first-order valence-corrected chi connectivity index (χ1v) is 6.88. The average molecular weight is 289 g/mol. The van der Waals surface area contributed by atoms with Crippen LogP contribution in [0.1, 0.15) is 10.4 Å². The van der Waals surface area contributed by atoms with E-state index < -0.39 is 0 Å². The molecule has 2 aromatic heterocycles. The molecule has 0 fully saturated rings. The maximum atomic E-state index is 12.2. The molecule has 1 aromatic carbocycles. The minimum atomic E-state index is -0.125. The van der Waals surface area contributed by atoms with Crippen molar-refractivity contribution in [1.82, 2.24) is 4.98 Å². The number of amides is 1. The zero-order chi connectivity index (χ0) is 13.2. The van der Waals surface area contributed by atoms with Crippen molar-refractivity contribution in [1.29, 1.82) is 0 Å². The van der Waals surface area contributed by atoms with Crippen LogP contribution in [-0.4, -0.2) is 10.9 Å². The Morgan fingerprint density at radius 3 is 2.79 bits per heavy atom. The van der Waals surface area contributed by atoms with Crippen LogP contribution in [0.2, 0.25) is 5.02 Å². The molecule has 19 heavy (non-hydrogen) atoms. The van der Waals surface area contributed by atoms with Crippen LogP contribution in [0.4, 0.5) is 5.69 Å². The first-order chi connectivity index (χ1) is 9.24. The van der Waals surface area contributed by atoms with Crippen molar-refractivity contribution >= 4 is 44.6 Å². The monoisotopic (exact) mass is 288 g/mol. The third-order valence-corrected chi connectivity index (χ3v) is 3.91. The largest absolute Gasteiger partial charge is 0.322 e. The molecule has 0 radical (unpaired) electrons. The number of nitrogens with zero attached hydrogens (tertiary/aromatic N) is 1. The Kier molecular flexibility index (Phi) is 3.19. The molecule has 0 aliphatic rings. The highest BCUT2D eigenvalue weighted by Gasteiger charge is 2.12. The topological polar surface area (TPSA) is 42.0 Å². The third-order valence-electron chi connectivity index (χ3n) is 2.73. The number of nitrogens with one attached hydrogen (secondary N) is 1. The molecule has 1 N–H and O–H groups in total. The lowest BCUT2D eigenvalue weighted by Crippen LogP contribution is -2.11. The molecule has 2 heterocycles. The van der Waals surface area contributed by atoms with Gasteiger partial charge in [-0.15, -0.1) is 11.3 Å². The highest BCUT2D eigenvalue weighted by molar-refractivity contribution is 7.17. The summed E-state index contributed by atoms with van der Waals surface area (Å²) in [5, 5.41) is 6.26. The van der Waals surface area contributed by atoms with Crippen LogP contribution < -0.4 is 5.32 Å². The standard InChI is InChI=1S/C14H9ClN2OS/c15-9-1-3-10(4-2-9)17-14(18)12-8-19-13-7-16-6-5-11(12)13/h1-8H,(H,17,18). The number of halogens is 1. The van der Waals surface area contributed by atoms with Gasteiger partial charge in [0.1, 0.15) is 0 Å². The first kappa shape index (κ1) is 12.1. The molecule has 3 rings (SSSR count). The van der Waals surface area contributed by atoms with E-state index in [2.05, 4.69) is 10.3 Å². The number of anilines is 1. The number of aromatic nitrogens is 1. The number of hydrogen-bond acceptors (Lipinski definition) is 3. The van der Waals surface area contributed by atoms with Gasteiger partial charge in [-0.05, 0) is 30.3 Å². The van der Waals surface area contributed by atoms with E-state index in [0.717, 1.165) is 15.8 Å². The Hall–Kier alpha value is -1.91. The fourth-order valence-electron chi connectivity index (χ4n) is 1.79. The zero-order valence-electron chi connectivity index (χ0n) is 9.76. The van der Waals surface area contributed by atoms with E-state index in [0.29, 0.717) is 10.6 Å². The van der Waals surface area contributed by atoms with Crippen LogP contribution in [0.5, 0.6) is 0 Å². The molecule has 0 aliphatic heterocycles. The van der Waals surface area contributed by atoms with Crippen molar-refractivity contribution in [2.24, 2.45) is 0 Å². The quantitative estimate of drug-likeness (QED) is 0.768.